The van der Waals surface area contributed by atoms with Gasteiger partial charge in [-0.2, -0.15) is 0 Å². The lowest BCUT2D eigenvalue weighted by Crippen LogP contribution is -2.33. The van der Waals surface area contributed by atoms with Crippen LogP contribution < -0.4 is 5.73 Å². The summed E-state index contributed by atoms with van der Waals surface area (Å²) in [5.74, 6) is -2.04. The van der Waals surface area contributed by atoms with Gasteiger partial charge in [0.05, 0.1) is 5.92 Å². The molecule has 1 saturated heterocycles. The van der Waals surface area contributed by atoms with Crippen LogP contribution in [0.5, 0.6) is 0 Å². The Morgan fingerprint density at radius 1 is 1.16 bits per heavy atom. The number of nitrogens with zero attached hydrogens (tertiary/aromatic N) is 1. The zero-order valence-corrected chi connectivity index (χ0v) is 14.2. The second-order valence-corrected chi connectivity index (χ2v) is 6.65. The zero-order valence-electron chi connectivity index (χ0n) is 14.2. The van der Waals surface area contributed by atoms with Crippen LogP contribution >= 0.6 is 0 Å². The van der Waals surface area contributed by atoms with Crippen molar-refractivity contribution in [2.45, 2.75) is 18.8 Å². The second kappa shape index (κ2) is 7.31. The van der Waals surface area contributed by atoms with Crippen LogP contribution in [0.1, 0.15) is 29.9 Å². The van der Waals surface area contributed by atoms with Crippen LogP contribution in [-0.4, -0.2) is 30.4 Å². The second-order valence-electron chi connectivity index (χ2n) is 6.65. The Labute approximate surface area is 146 Å². The highest BCUT2D eigenvalue weighted by Gasteiger charge is 2.36. The molecule has 2 aromatic carbocycles. The lowest BCUT2D eigenvalue weighted by molar-refractivity contribution is -0.131. The molecular formula is C20H22F2N2O. The summed E-state index contributed by atoms with van der Waals surface area (Å²) in [7, 11) is 0. The van der Waals surface area contributed by atoms with Crippen molar-refractivity contribution < 1.29 is 13.6 Å². The summed E-state index contributed by atoms with van der Waals surface area (Å²) in [4.78, 5) is 14.6. The number of benzene rings is 2. The first-order valence-electron chi connectivity index (χ1n) is 8.50. The summed E-state index contributed by atoms with van der Waals surface area (Å²) in [5.41, 5.74) is 7.58. The van der Waals surface area contributed by atoms with Crippen molar-refractivity contribution in [3.63, 3.8) is 0 Å². The largest absolute Gasteiger partial charge is 0.341 e. The van der Waals surface area contributed by atoms with Crippen LogP contribution in [-0.2, 0) is 4.79 Å². The number of rotatable bonds is 4. The van der Waals surface area contributed by atoms with Gasteiger partial charge in [0.15, 0.2) is 11.6 Å². The molecule has 1 amide bonds. The summed E-state index contributed by atoms with van der Waals surface area (Å²) >= 11 is 0. The van der Waals surface area contributed by atoms with Gasteiger partial charge in [-0.25, -0.2) is 8.78 Å². The Morgan fingerprint density at radius 3 is 2.52 bits per heavy atom. The SMILES string of the molecule is CC(C(=O)N1C[C@@H](CN)[C@H](c2ccccc2)C1)c1ccc(F)c(F)c1. The minimum Gasteiger partial charge on any atom is -0.341 e. The molecule has 0 radical (unpaired) electrons. The fraction of sp³-hybridized carbons (Fsp3) is 0.350. The number of nitrogens with two attached hydrogens (primary N) is 1. The van der Waals surface area contributed by atoms with Crippen LogP contribution in [0, 0.1) is 17.6 Å². The van der Waals surface area contributed by atoms with Crippen molar-refractivity contribution in [3.05, 3.63) is 71.3 Å². The Morgan fingerprint density at radius 2 is 1.88 bits per heavy atom. The van der Waals surface area contributed by atoms with Gasteiger partial charge in [0, 0.05) is 19.0 Å². The van der Waals surface area contributed by atoms with Gasteiger partial charge in [0.25, 0.3) is 0 Å². The van der Waals surface area contributed by atoms with E-state index in [0.717, 1.165) is 12.1 Å². The molecule has 3 atom stereocenters. The molecule has 1 fully saturated rings. The first kappa shape index (κ1) is 17.5. The first-order valence-corrected chi connectivity index (χ1v) is 8.50. The number of halogens is 2. The first-order chi connectivity index (χ1) is 12.0. The fourth-order valence-corrected chi connectivity index (χ4v) is 3.57. The average Bonchev–Trinajstić information content (AvgIpc) is 3.08. The Hall–Kier alpha value is -2.27. The van der Waals surface area contributed by atoms with Crippen molar-refractivity contribution >= 4 is 5.91 Å². The van der Waals surface area contributed by atoms with Crippen molar-refractivity contribution in [2.24, 2.45) is 11.7 Å². The van der Waals surface area contributed by atoms with Gasteiger partial charge < -0.3 is 10.6 Å². The van der Waals surface area contributed by atoms with Gasteiger partial charge in [-0.15, -0.1) is 0 Å². The fourth-order valence-electron chi connectivity index (χ4n) is 3.57. The molecule has 0 aromatic heterocycles. The summed E-state index contributed by atoms with van der Waals surface area (Å²) in [6.07, 6.45) is 0. The molecule has 1 unspecified atom stereocenters. The maximum Gasteiger partial charge on any atom is 0.229 e. The summed E-state index contributed by atoms with van der Waals surface area (Å²) < 4.78 is 26.6. The number of hydrogen-bond acceptors (Lipinski definition) is 2. The van der Waals surface area contributed by atoms with Gasteiger partial charge in [-0.05, 0) is 42.6 Å². The monoisotopic (exact) mass is 344 g/mol. The maximum atomic E-state index is 13.5. The van der Waals surface area contributed by atoms with E-state index < -0.39 is 17.6 Å². The molecule has 2 aromatic rings. The molecule has 2 N–H and O–H groups in total. The Kier molecular flexibility index (Phi) is 5.13. The molecule has 3 nitrogen and oxygen atoms in total. The minimum atomic E-state index is -0.930. The van der Waals surface area contributed by atoms with E-state index in [1.807, 2.05) is 18.2 Å². The van der Waals surface area contributed by atoms with Gasteiger partial charge in [-0.3, -0.25) is 4.79 Å². The highest BCUT2D eigenvalue weighted by atomic mass is 19.2. The van der Waals surface area contributed by atoms with Crippen LogP contribution in [0.2, 0.25) is 0 Å². The zero-order chi connectivity index (χ0) is 18.0. The summed E-state index contributed by atoms with van der Waals surface area (Å²) in [6, 6.07) is 13.7. The molecular weight excluding hydrogens is 322 g/mol. The van der Waals surface area contributed by atoms with E-state index in [4.69, 9.17) is 5.73 Å². The van der Waals surface area contributed by atoms with Crippen molar-refractivity contribution in [1.29, 1.82) is 0 Å². The van der Waals surface area contributed by atoms with Crippen LogP contribution in [0.3, 0.4) is 0 Å². The van der Waals surface area contributed by atoms with E-state index in [1.165, 1.54) is 11.6 Å². The quantitative estimate of drug-likeness (QED) is 0.925. The topological polar surface area (TPSA) is 46.3 Å². The molecule has 1 aliphatic heterocycles. The van der Waals surface area contributed by atoms with Crippen LogP contribution in [0.4, 0.5) is 8.78 Å². The standard InChI is InChI=1S/C20H22F2N2O/c1-13(15-7-8-18(21)19(22)9-15)20(25)24-11-16(10-23)17(12-24)14-5-3-2-4-6-14/h2-9,13,16-17H,10-12,23H2,1H3/t13?,16-,17+/m1/s1. The number of carbonyl (C=O) groups excluding carboxylic acids is 1. The van der Waals surface area contributed by atoms with Gasteiger partial charge >= 0.3 is 0 Å². The number of hydrogen-bond donors (Lipinski definition) is 1. The van der Waals surface area contributed by atoms with Crippen LogP contribution in [0.15, 0.2) is 48.5 Å². The summed E-state index contributed by atoms with van der Waals surface area (Å²) in [6.45, 7) is 3.41. The van der Waals surface area contributed by atoms with E-state index >= 15 is 0 Å². The molecule has 0 aliphatic carbocycles. The molecule has 0 spiro atoms. The van der Waals surface area contributed by atoms with Crippen molar-refractivity contribution in [2.75, 3.05) is 19.6 Å². The van der Waals surface area contributed by atoms with Crippen molar-refractivity contribution in [1.82, 2.24) is 4.90 Å². The van der Waals surface area contributed by atoms with Crippen molar-refractivity contribution in [3.8, 4) is 0 Å². The molecule has 3 rings (SSSR count). The van der Waals surface area contributed by atoms with Gasteiger partial charge in [-0.1, -0.05) is 36.4 Å². The molecule has 132 valence electrons. The lowest BCUT2D eigenvalue weighted by atomic mass is 9.89. The molecule has 0 bridgehead atoms. The maximum absolute atomic E-state index is 13.5. The van der Waals surface area contributed by atoms with E-state index in [-0.39, 0.29) is 17.7 Å². The third-order valence-electron chi connectivity index (χ3n) is 5.10. The predicted molar refractivity (Wildman–Crippen MR) is 93.1 cm³/mol. The number of likely N-dealkylation sites (tertiary alicyclic amines) is 1. The normalized spacial score (nSPS) is 21.4. The molecule has 0 saturated carbocycles. The smallest absolute Gasteiger partial charge is 0.229 e. The Balaban J connectivity index is 1.77. The van der Waals surface area contributed by atoms with Crippen LogP contribution in [0.25, 0.3) is 0 Å². The van der Waals surface area contributed by atoms with E-state index in [0.29, 0.717) is 25.2 Å². The number of amides is 1. The number of carbonyl (C=O) groups is 1. The predicted octanol–water partition coefficient (Wildman–Crippen LogP) is 3.27. The molecule has 5 heteroatoms. The highest BCUT2D eigenvalue weighted by Crippen LogP contribution is 2.34. The minimum absolute atomic E-state index is 0.0807. The third kappa shape index (κ3) is 3.56. The Bertz CT molecular complexity index is 751. The van der Waals surface area contributed by atoms with Gasteiger partial charge in [0.2, 0.25) is 5.91 Å². The van der Waals surface area contributed by atoms with E-state index in [2.05, 4.69) is 12.1 Å². The summed E-state index contributed by atoms with van der Waals surface area (Å²) in [5, 5.41) is 0. The molecule has 1 aliphatic rings. The molecule has 1 heterocycles. The average molecular weight is 344 g/mol. The van der Waals surface area contributed by atoms with E-state index in [1.54, 1.807) is 11.8 Å². The lowest BCUT2D eigenvalue weighted by Gasteiger charge is -2.21. The highest BCUT2D eigenvalue weighted by molar-refractivity contribution is 5.83. The van der Waals surface area contributed by atoms with Gasteiger partial charge in [0.1, 0.15) is 0 Å². The molecule has 25 heavy (non-hydrogen) atoms. The van der Waals surface area contributed by atoms with E-state index in [9.17, 15) is 13.6 Å². The third-order valence-corrected chi connectivity index (χ3v) is 5.10.